The first kappa shape index (κ1) is 22.3. The zero-order valence-electron chi connectivity index (χ0n) is 18.1. The fourth-order valence-electron chi connectivity index (χ4n) is 3.56. The number of hydrogen-bond donors (Lipinski definition) is 0. The average molecular weight is 416 g/mol. The van der Waals surface area contributed by atoms with Crippen LogP contribution >= 0.6 is 0 Å². The second-order valence-corrected chi connectivity index (χ2v) is 7.84. The zero-order valence-corrected chi connectivity index (χ0v) is 18.1. The number of ether oxygens (including phenoxy) is 1. The van der Waals surface area contributed by atoms with E-state index in [0.29, 0.717) is 5.92 Å². The second kappa shape index (κ2) is 11.1. The van der Waals surface area contributed by atoms with Crippen LogP contribution in [0.2, 0.25) is 0 Å². The van der Waals surface area contributed by atoms with Gasteiger partial charge in [0.2, 0.25) is 0 Å². The van der Waals surface area contributed by atoms with Gasteiger partial charge in [-0.3, -0.25) is 9.69 Å². The van der Waals surface area contributed by atoms with E-state index in [4.69, 9.17) is 4.74 Å². The lowest BCUT2D eigenvalue weighted by atomic mass is 9.90. The lowest BCUT2D eigenvalue weighted by molar-refractivity contribution is -0.140. The summed E-state index contributed by atoms with van der Waals surface area (Å²) in [5, 5.41) is 0. The molecule has 1 aliphatic carbocycles. The van der Waals surface area contributed by atoms with Gasteiger partial charge >= 0.3 is 5.97 Å². The van der Waals surface area contributed by atoms with Gasteiger partial charge in [-0.15, -0.1) is 0 Å². The zero-order chi connectivity index (χ0) is 22.1. The largest absolute Gasteiger partial charge is 0.455 e. The van der Waals surface area contributed by atoms with Crippen LogP contribution in [0.25, 0.3) is 0 Å². The highest BCUT2D eigenvalue weighted by Crippen LogP contribution is 2.26. The van der Waals surface area contributed by atoms with Crippen LogP contribution in [0, 0.1) is 5.92 Å². The van der Waals surface area contributed by atoms with E-state index in [0.717, 1.165) is 24.2 Å². The Hall–Kier alpha value is -3.40. The summed E-state index contributed by atoms with van der Waals surface area (Å²) in [4.78, 5) is 26.7. The monoisotopic (exact) mass is 415 g/mol. The highest BCUT2D eigenvalue weighted by molar-refractivity contribution is 6.07. The van der Waals surface area contributed by atoms with E-state index >= 15 is 0 Å². The molecule has 0 aromatic heterocycles. The Balaban J connectivity index is 1.63. The Morgan fingerprint density at radius 3 is 2.19 bits per heavy atom. The highest BCUT2D eigenvalue weighted by atomic mass is 16.5. The number of esters is 1. The predicted octanol–water partition coefficient (Wildman–Crippen LogP) is 6.14. The van der Waals surface area contributed by atoms with E-state index in [1.54, 1.807) is 17.9 Å². The minimum Gasteiger partial charge on any atom is -0.455 e. The van der Waals surface area contributed by atoms with E-state index in [9.17, 15) is 9.59 Å². The van der Waals surface area contributed by atoms with Crippen LogP contribution < -0.4 is 4.90 Å². The van der Waals surface area contributed by atoms with Gasteiger partial charge in [-0.1, -0.05) is 61.0 Å². The number of carbonyl (C=O) groups excluding carboxylic acids is 2. The van der Waals surface area contributed by atoms with Crippen molar-refractivity contribution in [1.82, 2.24) is 0 Å². The Kier molecular flexibility index (Phi) is 7.99. The number of rotatable bonds is 7. The topological polar surface area (TPSA) is 46.6 Å². The molecule has 0 aliphatic heterocycles. The standard InChI is InChI=1S/C27H29NO3/c1-21-10-9-11-23(20-21)17-19-27(30)31-22(2)16-18-26(29)28(24-12-5-3-6-13-24)25-14-7-4-8-15-25/h3-8,11-19,21-22H,9-10,20H2,1-2H3/b18-16-,19-17+/t21?,22-/m1/s1. The van der Waals surface area contributed by atoms with Crippen LogP contribution in [-0.4, -0.2) is 18.0 Å². The molecule has 31 heavy (non-hydrogen) atoms. The summed E-state index contributed by atoms with van der Waals surface area (Å²) in [6.45, 7) is 3.96. The lowest BCUT2D eigenvalue weighted by Gasteiger charge is -2.21. The molecule has 1 unspecified atom stereocenters. The smallest absolute Gasteiger partial charge is 0.331 e. The van der Waals surface area contributed by atoms with E-state index < -0.39 is 12.1 Å². The molecule has 4 nitrogen and oxygen atoms in total. The average Bonchev–Trinajstić information content (AvgIpc) is 2.78. The molecule has 2 aromatic rings. The van der Waals surface area contributed by atoms with Gasteiger partial charge in [0.25, 0.3) is 5.91 Å². The normalized spacial score (nSPS) is 17.4. The summed E-state index contributed by atoms with van der Waals surface area (Å²) < 4.78 is 5.40. The predicted molar refractivity (Wildman–Crippen MR) is 125 cm³/mol. The first-order valence-corrected chi connectivity index (χ1v) is 10.7. The SMILES string of the molecule is CC1CCC=C(/C=C/C(=O)O[C@H](C)/C=C\C(=O)N(c2ccccc2)c2ccccc2)C1. The fourth-order valence-corrected chi connectivity index (χ4v) is 3.56. The first-order valence-electron chi connectivity index (χ1n) is 10.7. The minimum atomic E-state index is -0.520. The molecular formula is C27H29NO3. The number of anilines is 2. The van der Waals surface area contributed by atoms with Crippen LogP contribution in [0.4, 0.5) is 11.4 Å². The van der Waals surface area contributed by atoms with E-state index in [2.05, 4.69) is 13.0 Å². The van der Waals surface area contributed by atoms with Crippen molar-refractivity contribution in [2.24, 2.45) is 5.92 Å². The number of allylic oxidation sites excluding steroid dienone is 3. The molecule has 0 heterocycles. The molecule has 0 N–H and O–H groups in total. The molecule has 2 atom stereocenters. The Morgan fingerprint density at radius 1 is 1.00 bits per heavy atom. The Morgan fingerprint density at radius 2 is 1.61 bits per heavy atom. The van der Waals surface area contributed by atoms with Crippen molar-refractivity contribution in [2.75, 3.05) is 4.90 Å². The molecule has 0 fully saturated rings. The van der Waals surface area contributed by atoms with E-state index in [1.165, 1.54) is 24.1 Å². The van der Waals surface area contributed by atoms with Crippen molar-refractivity contribution >= 4 is 23.3 Å². The Bertz CT molecular complexity index is 921. The summed E-state index contributed by atoms with van der Waals surface area (Å²) in [6, 6.07) is 18.9. The lowest BCUT2D eigenvalue weighted by Crippen LogP contribution is -2.24. The summed E-state index contributed by atoms with van der Waals surface area (Å²) >= 11 is 0. The van der Waals surface area contributed by atoms with Crippen molar-refractivity contribution in [3.63, 3.8) is 0 Å². The molecule has 0 radical (unpaired) electrons. The summed E-state index contributed by atoms with van der Waals surface area (Å²) in [6.07, 6.45) is 11.3. The van der Waals surface area contributed by atoms with Crippen LogP contribution in [0.3, 0.4) is 0 Å². The number of amides is 1. The summed E-state index contributed by atoms with van der Waals surface area (Å²) in [7, 11) is 0. The summed E-state index contributed by atoms with van der Waals surface area (Å²) in [5.74, 6) is 0.0228. The molecule has 0 saturated carbocycles. The van der Waals surface area contributed by atoms with Gasteiger partial charge in [-0.25, -0.2) is 4.79 Å². The van der Waals surface area contributed by atoms with Crippen molar-refractivity contribution in [2.45, 2.75) is 39.2 Å². The third-order valence-corrected chi connectivity index (χ3v) is 5.14. The molecule has 0 bridgehead atoms. The van der Waals surface area contributed by atoms with Crippen LogP contribution in [0.1, 0.15) is 33.1 Å². The van der Waals surface area contributed by atoms with Gasteiger partial charge in [-0.05, 0) is 62.4 Å². The molecule has 4 heteroatoms. The molecule has 3 rings (SSSR count). The van der Waals surface area contributed by atoms with Gasteiger partial charge in [-0.2, -0.15) is 0 Å². The molecule has 1 amide bonds. The van der Waals surface area contributed by atoms with Crippen molar-refractivity contribution in [3.05, 3.63) is 96.6 Å². The van der Waals surface area contributed by atoms with Crippen molar-refractivity contribution in [1.29, 1.82) is 0 Å². The number of carbonyl (C=O) groups is 2. The van der Waals surface area contributed by atoms with Crippen LogP contribution in [0.5, 0.6) is 0 Å². The number of benzene rings is 2. The minimum absolute atomic E-state index is 0.211. The quantitative estimate of drug-likeness (QED) is 0.403. The van der Waals surface area contributed by atoms with Gasteiger partial charge in [0.05, 0.1) is 0 Å². The Labute approximate surface area is 184 Å². The van der Waals surface area contributed by atoms with E-state index in [1.807, 2.05) is 66.7 Å². The van der Waals surface area contributed by atoms with Gasteiger partial charge in [0.1, 0.15) is 6.10 Å². The molecule has 0 spiro atoms. The molecule has 2 aromatic carbocycles. The number of hydrogen-bond acceptors (Lipinski definition) is 3. The fraction of sp³-hybridized carbons (Fsp3) is 0.259. The summed E-state index contributed by atoms with van der Waals surface area (Å²) in [5.41, 5.74) is 2.72. The maximum absolute atomic E-state index is 13.0. The van der Waals surface area contributed by atoms with Crippen LogP contribution in [0.15, 0.2) is 96.6 Å². The van der Waals surface area contributed by atoms with Gasteiger partial charge < -0.3 is 4.74 Å². The number of nitrogens with zero attached hydrogens (tertiary/aromatic N) is 1. The van der Waals surface area contributed by atoms with Crippen molar-refractivity contribution in [3.8, 4) is 0 Å². The number of para-hydroxylation sites is 2. The molecule has 0 saturated heterocycles. The van der Waals surface area contributed by atoms with Crippen LogP contribution in [-0.2, 0) is 14.3 Å². The van der Waals surface area contributed by atoms with Gasteiger partial charge in [0.15, 0.2) is 0 Å². The van der Waals surface area contributed by atoms with Gasteiger partial charge in [0, 0.05) is 23.5 Å². The third-order valence-electron chi connectivity index (χ3n) is 5.14. The third kappa shape index (κ3) is 6.82. The molecule has 1 aliphatic rings. The second-order valence-electron chi connectivity index (χ2n) is 7.84. The molecule has 160 valence electrons. The highest BCUT2D eigenvalue weighted by Gasteiger charge is 2.16. The van der Waals surface area contributed by atoms with Crippen molar-refractivity contribution < 1.29 is 14.3 Å². The van der Waals surface area contributed by atoms with E-state index in [-0.39, 0.29) is 5.91 Å². The molecular weight excluding hydrogens is 386 g/mol. The first-order chi connectivity index (χ1) is 15.0. The maximum Gasteiger partial charge on any atom is 0.331 e. The maximum atomic E-state index is 13.0.